The van der Waals surface area contributed by atoms with Crippen molar-refractivity contribution in [1.82, 2.24) is 15.1 Å². The topological polar surface area (TPSA) is 76.0 Å². The Labute approximate surface area is 157 Å². The van der Waals surface area contributed by atoms with Crippen LogP contribution in [0.1, 0.15) is 15.9 Å². The zero-order chi connectivity index (χ0) is 18.6. The number of anilines is 1. The van der Waals surface area contributed by atoms with Gasteiger partial charge in [0, 0.05) is 37.8 Å². The monoisotopic (exact) mass is 357 g/mol. The van der Waals surface area contributed by atoms with Crippen LogP contribution in [0, 0.1) is 11.3 Å². The number of hydrogen-bond donors (Lipinski definition) is 1. The van der Waals surface area contributed by atoms with Crippen LogP contribution in [0.5, 0.6) is 0 Å². The highest BCUT2D eigenvalue weighted by atomic mass is 16.2. The molecule has 0 saturated carbocycles. The van der Waals surface area contributed by atoms with Gasteiger partial charge in [0.2, 0.25) is 0 Å². The second kappa shape index (κ2) is 7.34. The van der Waals surface area contributed by atoms with E-state index in [0.717, 1.165) is 30.2 Å². The molecule has 2 heterocycles. The van der Waals surface area contributed by atoms with E-state index in [0.29, 0.717) is 24.2 Å². The van der Waals surface area contributed by atoms with Gasteiger partial charge < -0.3 is 9.80 Å². The third-order valence-electron chi connectivity index (χ3n) is 4.80. The minimum atomic E-state index is 0.00569. The molecule has 2 aromatic carbocycles. The molecule has 0 bridgehead atoms. The standard InChI is InChI=1S/C21H19N5O/c22-15-16-6-8-18(9-7-16)21(27)26-12-10-25(11-13-26)20-14-19(23-24-20)17-4-2-1-3-5-17/h1-9,14H,10-13H2,(H,23,24). The lowest BCUT2D eigenvalue weighted by molar-refractivity contribution is 0.0746. The van der Waals surface area contributed by atoms with E-state index in [1.807, 2.05) is 41.3 Å². The van der Waals surface area contributed by atoms with Crippen LogP contribution in [0.15, 0.2) is 60.7 Å². The lowest BCUT2D eigenvalue weighted by Crippen LogP contribution is -2.48. The number of piperazine rings is 1. The van der Waals surface area contributed by atoms with Gasteiger partial charge in [-0.25, -0.2) is 0 Å². The highest BCUT2D eigenvalue weighted by Gasteiger charge is 2.23. The summed E-state index contributed by atoms with van der Waals surface area (Å²) in [5.41, 5.74) is 3.27. The predicted octanol–water partition coefficient (Wildman–Crippen LogP) is 2.91. The first kappa shape index (κ1) is 16.9. The van der Waals surface area contributed by atoms with Crippen LogP contribution in [0.2, 0.25) is 0 Å². The van der Waals surface area contributed by atoms with Crippen LogP contribution in [-0.4, -0.2) is 47.2 Å². The number of rotatable bonds is 3. The number of nitrogens with one attached hydrogen (secondary N) is 1. The summed E-state index contributed by atoms with van der Waals surface area (Å²) in [6.07, 6.45) is 0. The van der Waals surface area contributed by atoms with E-state index in [1.54, 1.807) is 24.3 Å². The van der Waals surface area contributed by atoms with E-state index in [-0.39, 0.29) is 5.91 Å². The summed E-state index contributed by atoms with van der Waals surface area (Å²) in [5.74, 6) is 0.908. The van der Waals surface area contributed by atoms with Gasteiger partial charge >= 0.3 is 0 Å². The first-order valence-electron chi connectivity index (χ1n) is 8.90. The van der Waals surface area contributed by atoms with Crippen LogP contribution < -0.4 is 4.90 Å². The molecule has 1 aliphatic heterocycles. The SMILES string of the molecule is N#Cc1ccc(C(=O)N2CCN(c3cc(-c4ccccc4)[nH]n3)CC2)cc1. The van der Waals surface area contributed by atoms with Gasteiger partial charge in [0.05, 0.1) is 17.3 Å². The number of nitrogens with zero attached hydrogens (tertiary/aromatic N) is 4. The first-order chi connectivity index (χ1) is 13.2. The molecule has 134 valence electrons. The van der Waals surface area contributed by atoms with Crippen molar-refractivity contribution in [2.45, 2.75) is 0 Å². The average molecular weight is 357 g/mol. The van der Waals surface area contributed by atoms with Crippen molar-refractivity contribution < 1.29 is 4.79 Å². The second-order valence-electron chi connectivity index (χ2n) is 6.47. The molecule has 1 fully saturated rings. The van der Waals surface area contributed by atoms with Crippen LogP contribution >= 0.6 is 0 Å². The maximum atomic E-state index is 12.6. The molecule has 0 unspecified atom stereocenters. The molecule has 1 aromatic heterocycles. The number of carbonyl (C=O) groups is 1. The predicted molar refractivity (Wildman–Crippen MR) is 103 cm³/mol. The molecular formula is C21H19N5O. The smallest absolute Gasteiger partial charge is 0.253 e. The van der Waals surface area contributed by atoms with Gasteiger partial charge in [-0.1, -0.05) is 30.3 Å². The molecule has 6 heteroatoms. The van der Waals surface area contributed by atoms with E-state index in [9.17, 15) is 4.79 Å². The van der Waals surface area contributed by atoms with Crippen molar-refractivity contribution in [2.75, 3.05) is 31.1 Å². The molecular weight excluding hydrogens is 338 g/mol. The maximum Gasteiger partial charge on any atom is 0.253 e. The summed E-state index contributed by atoms with van der Waals surface area (Å²) >= 11 is 0. The molecule has 1 saturated heterocycles. The summed E-state index contributed by atoms with van der Waals surface area (Å²) in [6.45, 7) is 2.76. The van der Waals surface area contributed by atoms with Gasteiger partial charge in [0.15, 0.2) is 5.82 Å². The molecule has 1 amide bonds. The minimum Gasteiger partial charge on any atom is -0.352 e. The van der Waals surface area contributed by atoms with Crippen LogP contribution in [0.25, 0.3) is 11.3 Å². The van der Waals surface area contributed by atoms with Crippen LogP contribution in [-0.2, 0) is 0 Å². The van der Waals surface area contributed by atoms with Gasteiger partial charge in [0.1, 0.15) is 0 Å². The summed E-state index contributed by atoms with van der Waals surface area (Å²) < 4.78 is 0. The number of hydrogen-bond acceptors (Lipinski definition) is 4. The van der Waals surface area contributed by atoms with Crippen molar-refractivity contribution >= 4 is 11.7 Å². The average Bonchev–Trinajstić information content (AvgIpc) is 3.24. The fourth-order valence-electron chi connectivity index (χ4n) is 3.25. The molecule has 27 heavy (non-hydrogen) atoms. The molecule has 0 atom stereocenters. The normalized spacial score (nSPS) is 14.0. The quantitative estimate of drug-likeness (QED) is 0.782. The fourth-order valence-corrected chi connectivity index (χ4v) is 3.25. The maximum absolute atomic E-state index is 12.6. The Balaban J connectivity index is 1.39. The van der Waals surface area contributed by atoms with Crippen LogP contribution in [0.4, 0.5) is 5.82 Å². The van der Waals surface area contributed by atoms with E-state index in [2.05, 4.69) is 21.2 Å². The number of carbonyl (C=O) groups excluding carboxylic acids is 1. The zero-order valence-corrected chi connectivity index (χ0v) is 14.8. The van der Waals surface area contributed by atoms with Crippen molar-refractivity contribution in [3.63, 3.8) is 0 Å². The molecule has 0 aliphatic carbocycles. The Morgan fingerprint density at radius 3 is 2.37 bits per heavy atom. The summed E-state index contributed by atoms with van der Waals surface area (Å²) in [4.78, 5) is 16.7. The van der Waals surface area contributed by atoms with Crippen molar-refractivity contribution in [1.29, 1.82) is 5.26 Å². The number of nitriles is 1. The lowest BCUT2D eigenvalue weighted by atomic mass is 10.1. The van der Waals surface area contributed by atoms with Gasteiger partial charge in [-0.15, -0.1) is 0 Å². The molecule has 0 radical (unpaired) electrons. The summed E-state index contributed by atoms with van der Waals surface area (Å²) in [6, 6.07) is 21.0. The van der Waals surface area contributed by atoms with E-state index < -0.39 is 0 Å². The molecule has 6 nitrogen and oxygen atoms in total. The molecule has 1 aliphatic rings. The number of aromatic amines is 1. The Hall–Kier alpha value is -3.59. The highest BCUT2D eigenvalue weighted by Crippen LogP contribution is 2.22. The third kappa shape index (κ3) is 3.53. The van der Waals surface area contributed by atoms with Gasteiger partial charge in [0.25, 0.3) is 5.91 Å². The number of aromatic nitrogens is 2. The zero-order valence-electron chi connectivity index (χ0n) is 14.8. The molecule has 1 N–H and O–H groups in total. The van der Waals surface area contributed by atoms with Gasteiger partial charge in [-0.3, -0.25) is 9.89 Å². The Morgan fingerprint density at radius 1 is 1.00 bits per heavy atom. The van der Waals surface area contributed by atoms with E-state index in [1.165, 1.54) is 0 Å². The Morgan fingerprint density at radius 2 is 1.70 bits per heavy atom. The number of benzene rings is 2. The van der Waals surface area contributed by atoms with Crippen molar-refractivity contribution in [3.8, 4) is 17.3 Å². The summed E-state index contributed by atoms with van der Waals surface area (Å²) in [7, 11) is 0. The van der Waals surface area contributed by atoms with Gasteiger partial charge in [-0.2, -0.15) is 10.4 Å². The fraction of sp³-hybridized carbons (Fsp3) is 0.190. The van der Waals surface area contributed by atoms with E-state index in [4.69, 9.17) is 5.26 Å². The Bertz CT molecular complexity index is 964. The minimum absolute atomic E-state index is 0.00569. The van der Waals surface area contributed by atoms with Gasteiger partial charge in [-0.05, 0) is 29.8 Å². The third-order valence-corrected chi connectivity index (χ3v) is 4.80. The molecule has 0 spiro atoms. The van der Waals surface area contributed by atoms with E-state index >= 15 is 0 Å². The van der Waals surface area contributed by atoms with Crippen molar-refractivity contribution in [3.05, 3.63) is 71.8 Å². The molecule has 3 aromatic rings. The highest BCUT2D eigenvalue weighted by molar-refractivity contribution is 5.94. The first-order valence-corrected chi connectivity index (χ1v) is 8.90. The number of amides is 1. The lowest BCUT2D eigenvalue weighted by Gasteiger charge is -2.34. The van der Waals surface area contributed by atoms with Crippen LogP contribution in [0.3, 0.4) is 0 Å². The summed E-state index contributed by atoms with van der Waals surface area (Å²) in [5, 5.41) is 16.4. The Kier molecular flexibility index (Phi) is 4.58. The second-order valence-corrected chi connectivity index (χ2v) is 6.47. The number of H-pyrrole nitrogens is 1. The largest absolute Gasteiger partial charge is 0.352 e. The van der Waals surface area contributed by atoms with Crippen molar-refractivity contribution in [2.24, 2.45) is 0 Å². The molecule has 4 rings (SSSR count).